The minimum Gasteiger partial charge on any atom is -0.497 e. The molecule has 1 aliphatic rings. The molecule has 8 nitrogen and oxygen atoms in total. The van der Waals surface area contributed by atoms with E-state index in [2.05, 4.69) is 15.5 Å². The number of tetrazole rings is 1. The van der Waals surface area contributed by atoms with Crippen LogP contribution in [0.3, 0.4) is 0 Å². The van der Waals surface area contributed by atoms with Gasteiger partial charge in [0.2, 0.25) is 5.91 Å². The molecule has 1 saturated heterocycles. The molecule has 1 amide bonds. The summed E-state index contributed by atoms with van der Waals surface area (Å²) in [7, 11) is 1.65. The molecule has 0 bridgehead atoms. The lowest BCUT2D eigenvalue weighted by atomic mass is 10.1. The fourth-order valence-electron chi connectivity index (χ4n) is 2.93. The molecular formula is C17H23N5O3. The lowest BCUT2D eigenvalue weighted by molar-refractivity contribution is -0.138. The van der Waals surface area contributed by atoms with Crippen LogP contribution in [0.1, 0.15) is 18.4 Å². The van der Waals surface area contributed by atoms with E-state index in [9.17, 15) is 4.79 Å². The highest BCUT2D eigenvalue weighted by Crippen LogP contribution is 2.16. The lowest BCUT2D eigenvalue weighted by Gasteiger charge is -2.33. The van der Waals surface area contributed by atoms with E-state index in [0.29, 0.717) is 32.7 Å². The van der Waals surface area contributed by atoms with Crippen LogP contribution >= 0.6 is 0 Å². The predicted molar refractivity (Wildman–Crippen MR) is 90.1 cm³/mol. The molecular weight excluding hydrogens is 322 g/mol. The molecule has 0 saturated carbocycles. The predicted octanol–water partition coefficient (Wildman–Crippen LogP) is 0.932. The van der Waals surface area contributed by atoms with Gasteiger partial charge in [0, 0.05) is 32.5 Å². The van der Waals surface area contributed by atoms with Crippen molar-refractivity contribution in [3.05, 3.63) is 36.2 Å². The normalized spacial score (nSPS) is 17.5. The number of ether oxygens (including phenoxy) is 2. The van der Waals surface area contributed by atoms with Crippen LogP contribution in [0.15, 0.2) is 30.6 Å². The minimum atomic E-state index is 0.0330. The average Bonchev–Trinajstić information content (AvgIpc) is 3.16. The first-order valence-corrected chi connectivity index (χ1v) is 8.47. The molecule has 0 N–H and O–H groups in total. The summed E-state index contributed by atoms with van der Waals surface area (Å²) >= 11 is 0. The number of morpholine rings is 1. The van der Waals surface area contributed by atoms with Crippen molar-refractivity contribution in [2.75, 3.05) is 26.8 Å². The van der Waals surface area contributed by atoms with E-state index in [1.807, 2.05) is 29.2 Å². The molecule has 1 fully saturated rings. The molecule has 1 aliphatic heterocycles. The first kappa shape index (κ1) is 17.3. The van der Waals surface area contributed by atoms with E-state index < -0.39 is 0 Å². The van der Waals surface area contributed by atoms with Crippen molar-refractivity contribution in [2.45, 2.75) is 31.9 Å². The van der Waals surface area contributed by atoms with Gasteiger partial charge in [-0.1, -0.05) is 12.1 Å². The zero-order valence-corrected chi connectivity index (χ0v) is 14.4. The van der Waals surface area contributed by atoms with Crippen LogP contribution < -0.4 is 4.74 Å². The molecule has 2 aromatic rings. The number of benzene rings is 1. The van der Waals surface area contributed by atoms with Crippen LogP contribution in [-0.2, 0) is 22.5 Å². The quantitative estimate of drug-likeness (QED) is 0.742. The smallest absolute Gasteiger partial charge is 0.222 e. The summed E-state index contributed by atoms with van der Waals surface area (Å²) in [6.45, 7) is 2.52. The standard InChI is InChI=1S/C17H23N5O3/c1-24-15-6-4-14(5-7-15)11-16-12-21(9-10-25-16)17(23)3-2-8-22-13-18-19-20-22/h4-7,13,16H,2-3,8-12H2,1H3/t16-/m1/s1. The Labute approximate surface area is 146 Å². The van der Waals surface area contributed by atoms with Gasteiger partial charge in [0.25, 0.3) is 0 Å². The molecule has 0 radical (unpaired) electrons. The molecule has 8 heteroatoms. The summed E-state index contributed by atoms with van der Waals surface area (Å²) in [6, 6.07) is 7.96. The molecule has 0 unspecified atom stereocenters. The van der Waals surface area contributed by atoms with Gasteiger partial charge in [-0.2, -0.15) is 0 Å². The molecule has 2 heterocycles. The number of nitrogens with zero attached hydrogens (tertiary/aromatic N) is 5. The maximum Gasteiger partial charge on any atom is 0.222 e. The fourth-order valence-corrected chi connectivity index (χ4v) is 2.93. The Morgan fingerprint density at radius 1 is 1.36 bits per heavy atom. The van der Waals surface area contributed by atoms with Gasteiger partial charge in [0.1, 0.15) is 12.1 Å². The lowest BCUT2D eigenvalue weighted by Crippen LogP contribution is -2.46. The van der Waals surface area contributed by atoms with Crippen LogP contribution in [0.4, 0.5) is 0 Å². The van der Waals surface area contributed by atoms with Gasteiger partial charge in [0.05, 0.1) is 19.8 Å². The second-order valence-corrected chi connectivity index (χ2v) is 6.06. The zero-order valence-electron chi connectivity index (χ0n) is 14.4. The van der Waals surface area contributed by atoms with Gasteiger partial charge in [-0.25, -0.2) is 4.68 Å². The van der Waals surface area contributed by atoms with Crippen LogP contribution in [0, 0.1) is 0 Å². The number of amides is 1. The summed E-state index contributed by atoms with van der Waals surface area (Å²) in [5, 5.41) is 11.0. The SMILES string of the molecule is COc1ccc(C[C@@H]2CN(C(=O)CCCn3cnnn3)CCO2)cc1. The number of carbonyl (C=O) groups excluding carboxylic acids is 1. The van der Waals surface area contributed by atoms with Crippen LogP contribution in [0.5, 0.6) is 5.75 Å². The molecule has 0 aliphatic carbocycles. The van der Waals surface area contributed by atoms with Crippen LogP contribution in [0.25, 0.3) is 0 Å². The van der Waals surface area contributed by atoms with Crippen molar-refractivity contribution in [1.82, 2.24) is 25.1 Å². The zero-order chi connectivity index (χ0) is 17.5. The van der Waals surface area contributed by atoms with E-state index in [0.717, 1.165) is 18.6 Å². The third kappa shape index (κ3) is 4.99. The maximum absolute atomic E-state index is 12.4. The van der Waals surface area contributed by atoms with E-state index in [1.165, 1.54) is 5.56 Å². The molecule has 3 rings (SSSR count). The number of hydrogen-bond donors (Lipinski definition) is 0. The monoisotopic (exact) mass is 345 g/mol. The highest BCUT2D eigenvalue weighted by molar-refractivity contribution is 5.76. The van der Waals surface area contributed by atoms with Gasteiger partial charge >= 0.3 is 0 Å². The van der Waals surface area contributed by atoms with Gasteiger partial charge < -0.3 is 14.4 Å². The summed E-state index contributed by atoms with van der Waals surface area (Å²) in [5.41, 5.74) is 1.18. The molecule has 25 heavy (non-hydrogen) atoms. The Morgan fingerprint density at radius 2 is 2.20 bits per heavy atom. The van der Waals surface area contributed by atoms with Crippen molar-refractivity contribution >= 4 is 5.91 Å². The Bertz CT molecular complexity index is 659. The number of aryl methyl sites for hydroxylation is 1. The Kier molecular flexibility index (Phi) is 5.95. The van der Waals surface area contributed by atoms with Crippen molar-refractivity contribution in [1.29, 1.82) is 0 Å². The second kappa shape index (κ2) is 8.57. The van der Waals surface area contributed by atoms with Gasteiger partial charge in [-0.3, -0.25) is 4.79 Å². The highest BCUT2D eigenvalue weighted by atomic mass is 16.5. The first-order valence-electron chi connectivity index (χ1n) is 8.47. The van der Waals surface area contributed by atoms with Crippen molar-refractivity contribution < 1.29 is 14.3 Å². The summed E-state index contributed by atoms with van der Waals surface area (Å²) in [4.78, 5) is 14.3. The van der Waals surface area contributed by atoms with Crippen molar-refractivity contribution in [2.24, 2.45) is 0 Å². The van der Waals surface area contributed by atoms with Crippen molar-refractivity contribution in [3.8, 4) is 5.75 Å². The van der Waals surface area contributed by atoms with Crippen LogP contribution in [0.2, 0.25) is 0 Å². The maximum atomic E-state index is 12.4. The first-order chi connectivity index (χ1) is 12.2. The molecule has 134 valence electrons. The second-order valence-electron chi connectivity index (χ2n) is 6.06. The number of carbonyl (C=O) groups is 1. The van der Waals surface area contributed by atoms with Crippen LogP contribution in [-0.4, -0.2) is 63.9 Å². The van der Waals surface area contributed by atoms with E-state index in [4.69, 9.17) is 9.47 Å². The van der Waals surface area contributed by atoms with E-state index in [-0.39, 0.29) is 12.0 Å². The number of hydrogen-bond acceptors (Lipinski definition) is 6. The van der Waals surface area contributed by atoms with Gasteiger partial charge in [-0.05, 0) is 34.5 Å². The minimum absolute atomic E-state index is 0.0330. The van der Waals surface area contributed by atoms with E-state index in [1.54, 1.807) is 18.1 Å². The number of aromatic nitrogens is 4. The Hall–Kier alpha value is -2.48. The number of rotatable bonds is 7. The third-order valence-electron chi connectivity index (χ3n) is 4.28. The molecule has 1 aromatic heterocycles. The highest BCUT2D eigenvalue weighted by Gasteiger charge is 2.24. The summed E-state index contributed by atoms with van der Waals surface area (Å²) in [5.74, 6) is 1.00. The molecule has 1 atom stereocenters. The average molecular weight is 345 g/mol. The molecule has 1 aromatic carbocycles. The molecule has 0 spiro atoms. The Morgan fingerprint density at radius 3 is 2.92 bits per heavy atom. The van der Waals surface area contributed by atoms with Gasteiger partial charge in [0.15, 0.2) is 0 Å². The summed E-state index contributed by atoms with van der Waals surface area (Å²) in [6.07, 6.45) is 3.60. The summed E-state index contributed by atoms with van der Waals surface area (Å²) < 4.78 is 12.6. The number of methoxy groups -OCH3 is 1. The Balaban J connectivity index is 1.45. The van der Waals surface area contributed by atoms with Crippen molar-refractivity contribution in [3.63, 3.8) is 0 Å². The largest absolute Gasteiger partial charge is 0.497 e. The topological polar surface area (TPSA) is 82.4 Å². The third-order valence-corrected chi connectivity index (χ3v) is 4.28. The fraction of sp³-hybridized carbons (Fsp3) is 0.529. The van der Waals surface area contributed by atoms with Gasteiger partial charge in [-0.15, -0.1) is 5.10 Å². The van der Waals surface area contributed by atoms with E-state index >= 15 is 0 Å².